The third-order valence-electron chi connectivity index (χ3n) is 2.94. The van der Waals surface area contributed by atoms with Crippen molar-refractivity contribution in [2.45, 2.75) is 49.8 Å². The highest BCUT2D eigenvalue weighted by Gasteiger charge is 2.23. The average Bonchev–Trinajstić information content (AvgIpc) is 2.35. The molecule has 0 aromatic carbocycles. The van der Waals surface area contributed by atoms with E-state index >= 15 is 0 Å². The second-order valence-corrected chi connectivity index (χ2v) is 5.88. The third kappa shape index (κ3) is 4.30. The maximum absolute atomic E-state index is 9.60. The lowest BCUT2D eigenvalue weighted by atomic mass is 10.1. The second kappa shape index (κ2) is 6.99. The molecule has 96 valence electrons. The van der Waals surface area contributed by atoms with E-state index in [4.69, 9.17) is 5.73 Å². The van der Waals surface area contributed by atoms with E-state index in [2.05, 4.69) is 11.9 Å². The van der Waals surface area contributed by atoms with Crippen LogP contribution in [0.5, 0.6) is 0 Å². The lowest BCUT2D eigenvalue weighted by Crippen LogP contribution is -2.28. The Morgan fingerprint density at radius 1 is 1.35 bits per heavy atom. The fourth-order valence-corrected chi connectivity index (χ4v) is 2.94. The Labute approximate surface area is 108 Å². The van der Waals surface area contributed by atoms with E-state index in [9.17, 15) is 5.11 Å². The molecule has 0 bridgehead atoms. The van der Waals surface area contributed by atoms with Gasteiger partial charge in [0, 0.05) is 28.9 Å². The van der Waals surface area contributed by atoms with Crippen molar-refractivity contribution in [3.05, 3.63) is 30.1 Å². The van der Waals surface area contributed by atoms with Crippen molar-refractivity contribution in [3.8, 4) is 0 Å². The van der Waals surface area contributed by atoms with Gasteiger partial charge in [0.15, 0.2) is 0 Å². The molecule has 0 aliphatic heterocycles. The molecule has 0 radical (unpaired) electrons. The van der Waals surface area contributed by atoms with Crippen molar-refractivity contribution in [3.63, 3.8) is 0 Å². The summed E-state index contributed by atoms with van der Waals surface area (Å²) in [6.45, 7) is 5.94. The number of hydrogen-bond donors (Lipinski definition) is 2. The smallest absolute Gasteiger partial charge is 0.0628 e. The van der Waals surface area contributed by atoms with Gasteiger partial charge in [0.1, 0.15) is 0 Å². The van der Waals surface area contributed by atoms with E-state index in [-0.39, 0.29) is 22.6 Å². The number of pyridine rings is 1. The molecule has 1 aromatic rings. The summed E-state index contributed by atoms with van der Waals surface area (Å²) in [4.78, 5) is 4.03. The minimum absolute atomic E-state index is 0.101. The fraction of sp³-hybridized carbons (Fsp3) is 0.615. The molecule has 0 spiro atoms. The zero-order valence-corrected chi connectivity index (χ0v) is 11.5. The Morgan fingerprint density at radius 3 is 2.41 bits per heavy atom. The van der Waals surface area contributed by atoms with E-state index < -0.39 is 0 Å². The Bertz CT molecular complexity index is 318. The van der Waals surface area contributed by atoms with E-state index in [0.717, 1.165) is 6.42 Å². The lowest BCUT2D eigenvalue weighted by molar-refractivity contribution is 0.196. The molecule has 1 rings (SSSR count). The van der Waals surface area contributed by atoms with Gasteiger partial charge in [0.05, 0.1) is 6.10 Å². The Hall–Kier alpha value is -0.580. The summed E-state index contributed by atoms with van der Waals surface area (Å²) in [7, 11) is 0. The first-order valence-corrected chi connectivity index (χ1v) is 6.99. The van der Waals surface area contributed by atoms with Gasteiger partial charge < -0.3 is 10.8 Å². The molecule has 1 aromatic heterocycles. The highest BCUT2D eigenvalue weighted by Crippen LogP contribution is 2.36. The quantitative estimate of drug-likeness (QED) is 0.818. The van der Waals surface area contributed by atoms with E-state index in [1.165, 1.54) is 5.56 Å². The number of aliphatic hydroxyl groups is 1. The average molecular weight is 254 g/mol. The first kappa shape index (κ1) is 14.5. The largest absolute Gasteiger partial charge is 0.392 e. The van der Waals surface area contributed by atoms with Crippen molar-refractivity contribution >= 4 is 11.8 Å². The van der Waals surface area contributed by atoms with Crippen LogP contribution in [0.3, 0.4) is 0 Å². The molecule has 3 nitrogen and oxygen atoms in total. The van der Waals surface area contributed by atoms with Crippen LogP contribution in [0, 0.1) is 0 Å². The molecule has 0 amide bonds. The molecular weight excluding hydrogens is 232 g/mol. The summed E-state index contributed by atoms with van der Waals surface area (Å²) in [5.41, 5.74) is 7.36. The fourth-order valence-electron chi connectivity index (χ4n) is 1.54. The zero-order chi connectivity index (χ0) is 12.8. The number of hydrogen-bond acceptors (Lipinski definition) is 4. The number of rotatable bonds is 6. The lowest BCUT2D eigenvalue weighted by Gasteiger charge is -2.27. The zero-order valence-electron chi connectivity index (χ0n) is 10.7. The standard InChI is InChI=1S/C13H22N2OS/c1-4-12(14)13(17-10(3)9(2)16)11-5-7-15-8-6-11/h5-10,12-13,16H,4,14H2,1-3H3. The number of thioether (sulfide) groups is 1. The van der Waals surface area contributed by atoms with Crippen molar-refractivity contribution in [2.75, 3.05) is 0 Å². The van der Waals surface area contributed by atoms with Gasteiger partial charge in [0.2, 0.25) is 0 Å². The van der Waals surface area contributed by atoms with Crippen LogP contribution < -0.4 is 5.73 Å². The van der Waals surface area contributed by atoms with Crippen LogP contribution >= 0.6 is 11.8 Å². The summed E-state index contributed by atoms with van der Waals surface area (Å²) in [6, 6.07) is 4.10. The molecule has 0 saturated carbocycles. The summed E-state index contributed by atoms with van der Waals surface area (Å²) >= 11 is 1.74. The van der Waals surface area contributed by atoms with Crippen LogP contribution in [-0.4, -0.2) is 27.5 Å². The molecule has 4 unspecified atom stereocenters. The first-order valence-electron chi connectivity index (χ1n) is 6.05. The van der Waals surface area contributed by atoms with Crippen LogP contribution in [0.1, 0.15) is 38.0 Å². The van der Waals surface area contributed by atoms with Gasteiger partial charge in [-0.3, -0.25) is 4.98 Å². The SMILES string of the molecule is CCC(N)C(SC(C)C(C)O)c1ccncc1. The van der Waals surface area contributed by atoms with Gasteiger partial charge in [-0.2, -0.15) is 0 Å². The molecule has 0 fully saturated rings. The molecule has 4 heteroatoms. The van der Waals surface area contributed by atoms with Gasteiger partial charge in [-0.1, -0.05) is 13.8 Å². The predicted octanol–water partition coefficient (Wildman–Crippen LogP) is 2.36. The Kier molecular flexibility index (Phi) is 5.95. The van der Waals surface area contributed by atoms with Crippen molar-refractivity contribution in [1.82, 2.24) is 4.98 Å². The highest BCUT2D eigenvalue weighted by molar-refractivity contribution is 8.00. The summed E-state index contributed by atoms with van der Waals surface area (Å²) < 4.78 is 0. The molecule has 3 N–H and O–H groups in total. The number of aromatic nitrogens is 1. The van der Waals surface area contributed by atoms with Crippen molar-refractivity contribution < 1.29 is 5.11 Å². The highest BCUT2D eigenvalue weighted by atomic mass is 32.2. The van der Waals surface area contributed by atoms with E-state index in [0.29, 0.717) is 0 Å². The topological polar surface area (TPSA) is 59.1 Å². The van der Waals surface area contributed by atoms with Crippen molar-refractivity contribution in [1.29, 1.82) is 0 Å². The minimum atomic E-state index is -0.326. The Balaban J connectivity index is 2.82. The van der Waals surface area contributed by atoms with Gasteiger partial charge in [-0.25, -0.2) is 0 Å². The second-order valence-electron chi connectivity index (χ2n) is 4.36. The summed E-state index contributed by atoms with van der Waals surface area (Å²) in [5.74, 6) is 0. The van der Waals surface area contributed by atoms with E-state index in [1.807, 2.05) is 26.0 Å². The van der Waals surface area contributed by atoms with Crippen LogP contribution in [0.15, 0.2) is 24.5 Å². The van der Waals surface area contributed by atoms with Gasteiger partial charge in [-0.15, -0.1) is 11.8 Å². The monoisotopic (exact) mass is 254 g/mol. The minimum Gasteiger partial charge on any atom is -0.392 e. The molecule has 17 heavy (non-hydrogen) atoms. The van der Waals surface area contributed by atoms with Crippen LogP contribution in [0.4, 0.5) is 0 Å². The van der Waals surface area contributed by atoms with Gasteiger partial charge >= 0.3 is 0 Å². The van der Waals surface area contributed by atoms with Crippen molar-refractivity contribution in [2.24, 2.45) is 5.73 Å². The summed E-state index contributed by atoms with van der Waals surface area (Å²) in [6.07, 6.45) is 4.18. The normalized spacial score (nSPS) is 18.4. The number of nitrogens with two attached hydrogens (primary N) is 1. The first-order chi connectivity index (χ1) is 8.06. The predicted molar refractivity (Wildman–Crippen MR) is 74.0 cm³/mol. The van der Waals surface area contributed by atoms with Gasteiger partial charge in [-0.05, 0) is 31.0 Å². The molecule has 1 heterocycles. The number of aliphatic hydroxyl groups excluding tert-OH is 1. The number of nitrogens with zero attached hydrogens (tertiary/aromatic N) is 1. The molecular formula is C13H22N2OS. The molecule has 0 aliphatic rings. The molecule has 0 aliphatic carbocycles. The van der Waals surface area contributed by atoms with Gasteiger partial charge in [0.25, 0.3) is 0 Å². The molecule has 0 saturated heterocycles. The Morgan fingerprint density at radius 2 is 1.94 bits per heavy atom. The van der Waals surface area contributed by atoms with E-state index in [1.54, 1.807) is 24.2 Å². The molecule has 4 atom stereocenters. The van der Waals surface area contributed by atoms with Crippen LogP contribution in [-0.2, 0) is 0 Å². The van der Waals surface area contributed by atoms with Crippen LogP contribution in [0.2, 0.25) is 0 Å². The third-order valence-corrected chi connectivity index (χ3v) is 4.67. The summed E-state index contributed by atoms with van der Waals surface area (Å²) in [5, 5.41) is 9.98. The maximum atomic E-state index is 9.60. The maximum Gasteiger partial charge on any atom is 0.0628 e. The van der Waals surface area contributed by atoms with Crippen LogP contribution in [0.25, 0.3) is 0 Å².